The van der Waals surface area contributed by atoms with Crippen LogP contribution in [-0.2, 0) is 6.61 Å². The summed E-state index contributed by atoms with van der Waals surface area (Å²) in [6.45, 7) is -0.0916. The van der Waals surface area contributed by atoms with Crippen LogP contribution in [-0.4, -0.2) is 20.1 Å². The van der Waals surface area contributed by atoms with Crippen LogP contribution in [0.3, 0.4) is 0 Å². The Morgan fingerprint density at radius 2 is 1.33 bits per heavy atom. The van der Waals surface area contributed by atoms with Crippen molar-refractivity contribution in [3.05, 3.63) is 89.3 Å². The van der Waals surface area contributed by atoms with Gasteiger partial charge in [-0.25, -0.2) is 4.98 Å². The molecule has 3 heterocycles. The van der Waals surface area contributed by atoms with Crippen LogP contribution in [0.25, 0.3) is 0 Å². The van der Waals surface area contributed by atoms with E-state index in [2.05, 4.69) is 38.6 Å². The molecule has 3 aromatic rings. The van der Waals surface area contributed by atoms with E-state index in [0.29, 0.717) is 11.4 Å². The van der Waals surface area contributed by atoms with Gasteiger partial charge in [0.25, 0.3) is 0 Å². The van der Waals surface area contributed by atoms with E-state index >= 15 is 0 Å². The number of nitrogens with zero attached hydrogens (tertiary/aromatic N) is 3. The molecule has 0 amide bonds. The minimum absolute atomic E-state index is 0.0916. The zero-order valence-electron chi connectivity index (χ0n) is 12.8. The van der Waals surface area contributed by atoms with Crippen LogP contribution in [0.1, 0.15) is 28.1 Å². The molecule has 0 spiro atoms. The maximum atomic E-state index is 9.41. The van der Waals surface area contributed by atoms with Crippen molar-refractivity contribution in [1.82, 2.24) is 15.0 Å². The molecule has 0 aliphatic heterocycles. The lowest BCUT2D eigenvalue weighted by Crippen LogP contribution is -1.93. The van der Waals surface area contributed by atoms with E-state index in [1.54, 1.807) is 36.9 Å². The molecule has 3 aromatic heterocycles. The van der Waals surface area contributed by atoms with Gasteiger partial charge < -0.3 is 5.11 Å². The summed E-state index contributed by atoms with van der Waals surface area (Å²) < 4.78 is 0. The average Bonchev–Trinajstić information content (AvgIpc) is 2.66. The fourth-order valence-corrected chi connectivity index (χ4v) is 1.95. The number of aromatic nitrogens is 3. The molecule has 0 radical (unpaired) electrons. The van der Waals surface area contributed by atoms with E-state index < -0.39 is 0 Å². The molecule has 0 aromatic carbocycles. The molecule has 24 heavy (non-hydrogen) atoms. The zero-order valence-corrected chi connectivity index (χ0v) is 12.8. The van der Waals surface area contributed by atoms with Crippen molar-refractivity contribution in [1.29, 1.82) is 0 Å². The predicted octanol–water partition coefficient (Wildman–Crippen LogP) is 2.16. The first-order valence-corrected chi connectivity index (χ1v) is 7.29. The van der Waals surface area contributed by atoms with Gasteiger partial charge in [-0.2, -0.15) is 0 Å². The maximum Gasteiger partial charge on any atom is 0.115 e. The molecular weight excluding hydrogens is 298 g/mol. The quantitative estimate of drug-likeness (QED) is 0.700. The molecule has 114 valence electrons. The van der Waals surface area contributed by atoms with Crippen molar-refractivity contribution >= 4 is 0 Å². The largest absolute Gasteiger partial charge is 0.392 e. The highest BCUT2D eigenvalue weighted by molar-refractivity contribution is 5.44. The van der Waals surface area contributed by atoms with Crippen molar-refractivity contribution in [2.45, 2.75) is 6.61 Å². The topological polar surface area (TPSA) is 58.9 Å². The van der Waals surface area contributed by atoms with Crippen LogP contribution in [0.15, 0.2) is 61.2 Å². The second-order valence-electron chi connectivity index (χ2n) is 4.89. The SMILES string of the molecule is OCc1cc(C#Cc2cccnc2)nc(C#Cc2cccnc2)c1. The maximum absolute atomic E-state index is 9.41. The fourth-order valence-electron chi connectivity index (χ4n) is 1.95. The molecule has 0 aliphatic rings. The Labute approximate surface area is 140 Å². The van der Waals surface area contributed by atoms with Crippen LogP contribution in [0.2, 0.25) is 0 Å². The highest BCUT2D eigenvalue weighted by atomic mass is 16.3. The Morgan fingerprint density at radius 1 is 0.792 bits per heavy atom. The lowest BCUT2D eigenvalue weighted by molar-refractivity contribution is 0.281. The lowest BCUT2D eigenvalue weighted by atomic mass is 10.2. The van der Waals surface area contributed by atoms with Crippen molar-refractivity contribution < 1.29 is 5.11 Å². The number of aliphatic hydroxyl groups is 1. The van der Waals surface area contributed by atoms with E-state index in [-0.39, 0.29) is 6.61 Å². The summed E-state index contributed by atoms with van der Waals surface area (Å²) in [5.74, 6) is 12.0. The van der Waals surface area contributed by atoms with Crippen molar-refractivity contribution in [2.24, 2.45) is 0 Å². The minimum atomic E-state index is -0.0916. The van der Waals surface area contributed by atoms with Crippen LogP contribution in [0, 0.1) is 23.7 Å². The van der Waals surface area contributed by atoms with Crippen molar-refractivity contribution in [2.75, 3.05) is 0 Å². The lowest BCUT2D eigenvalue weighted by Gasteiger charge is -1.99. The smallest absolute Gasteiger partial charge is 0.115 e. The summed E-state index contributed by atoms with van der Waals surface area (Å²) in [6, 6.07) is 10.9. The summed E-state index contributed by atoms with van der Waals surface area (Å²) >= 11 is 0. The molecule has 0 aliphatic carbocycles. The summed E-state index contributed by atoms with van der Waals surface area (Å²) in [5, 5.41) is 9.41. The third-order valence-corrected chi connectivity index (χ3v) is 3.06. The first-order chi connectivity index (χ1) is 11.8. The standard InChI is InChI=1S/C20H13N3O/c24-15-18-11-19(7-5-16-3-1-9-21-13-16)23-20(12-18)8-6-17-4-2-10-22-14-17/h1-4,9-14,24H,15H2. The van der Waals surface area contributed by atoms with Crippen LogP contribution in [0.4, 0.5) is 0 Å². The van der Waals surface area contributed by atoms with Gasteiger partial charge in [-0.15, -0.1) is 0 Å². The molecule has 3 rings (SSSR count). The summed E-state index contributed by atoms with van der Waals surface area (Å²) in [5.41, 5.74) is 3.44. The monoisotopic (exact) mass is 311 g/mol. The Hall–Kier alpha value is -3.47. The molecule has 0 atom stereocenters. The van der Waals surface area contributed by atoms with Gasteiger partial charge in [0.2, 0.25) is 0 Å². The summed E-state index contributed by atoms with van der Waals surface area (Å²) in [4.78, 5) is 12.5. The van der Waals surface area contributed by atoms with Crippen molar-refractivity contribution in [3.8, 4) is 23.7 Å². The van der Waals surface area contributed by atoms with Gasteiger partial charge >= 0.3 is 0 Å². The first kappa shape index (κ1) is 15.4. The summed E-state index contributed by atoms with van der Waals surface area (Å²) in [7, 11) is 0. The highest BCUT2D eigenvalue weighted by Gasteiger charge is 1.99. The Morgan fingerprint density at radius 3 is 1.75 bits per heavy atom. The minimum Gasteiger partial charge on any atom is -0.392 e. The predicted molar refractivity (Wildman–Crippen MR) is 90.6 cm³/mol. The number of pyridine rings is 3. The van der Waals surface area contributed by atoms with Crippen LogP contribution in [0.5, 0.6) is 0 Å². The van der Waals surface area contributed by atoms with Gasteiger partial charge in [0.15, 0.2) is 0 Å². The Bertz CT molecular complexity index is 870. The molecule has 0 bridgehead atoms. The molecule has 4 nitrogen and oxygen atoms in total. The fraction of sp³-hybridized carbons (Fsp3) is 0.0500. The third-order valence-electron chi connectivity index (χ3n) is 3.06. The normalized spacial score (nSPS) is 9.38. The van der Waals surface area contributed by atoms with E-state index in [1.165, 1.54) is 0 Å². The van der Waals surface area contributed by atoms with Gasteiger partial charge in [-0.1, -0.05) is 11.8 Å². The van der Waals surface area contributed by atoms with Crippen LogP contribution < -0.4 is 0 Å². The molecule has 0 saturated carbocycles. The molecule has 1 N–H and O–H groups in total. The molecule has 4 heteroatoms. The highest BCUT2D eigenvalue weighted by Crippen LogP contribution is 2.06. The number of hydrogen-bond donors (Lipinski definition) is 1. The van der Waals surface area contributed by atoms with E-state index in [9.17, 15) is 5.11 Å². The second-order valence-corrected chi connectivity index (χ2v) is 4.89. The molecule has 0 fully saturated rings. The van der Waals surface area contributed by atoms with Crippen molar-refractivity contribution in [3.63, 3.8) is 0 Å². The second kappa shape index (κ2) is 7.69. The Balaban J connectivity index is 1.92. The molecule has 0 saturated heterocycles. The van der Waals surface area contributed by atoms with E-state index in [0.717, 1.165) is 16.7 Å². The van der Waals surface area contributed by atoms with Gasteiger partial charge in [-0.05, 0) is 53.8 Å². The number of hydrogen-bond acceptors (Lipinski definition) is 4. The van der Waals surface area contributed by atoms with Gasteiger partial charge in [0, 0.05) is 35.9 Å². The van der Waals surface area contributed by atoms with Crippen LogP contribution >= 0.6 is 0 Å². The van der Waals surface area contributed by atoms with Gasteiger partial charge in [0.05, 0.1) is 6.61 Å². The summed E-state index contributed by atoms with van der Waals surface area (Å²) in [6.07, 6.45) is 6.77. The average molecular weight is 311 g/mol. The molecular formula is C20H13N3O. The molecule has 0 unspecified atom stereocenters. The number of rotatable bonds is 1. The van der Waals surface area contributed by atoms with Gasteiger partial charge in [0.1, 0.15) is 11.4 Å². The van der Waals surface area contributed by atoms with E-state index in [4.69, 9.17) is 0 Å². The first-order valence-electron chi connectivity index (χ1n) is 7.29. The van der Waals surface area contributed by atoms with E-state index in [1.807, 2.05) is 24.3 Å². The zero-order chi connectivity index (χ0) is 16.6. The Kier molecular flexibility index (Phi) is 4.94. The van der Waals surface area contributed by atoms with Gasteiger partial charge in [-0.3, -0.25) is 9.97 Å². The third kappa shape index (κ3) is 4.27. The number of aliphatic hydroxyl groups excluding tert-OH is 1.